The molecule has 2 aromatic rings. The van der Waals surface area contributed by atoms with Crippen LogP contribution in [0.3, 0.4) is 0 Å². The second-order valence-corrected chi connectivity index (χ2v) is 5.42. The largest absolute Gasteiger partial charge is 0.494 e. The average Bonchev–Trinajstić information content (AvgIpc) is 2.62. The average molecular weight is 345 g/mol. The maximum absolute atomic E-state index is 13.6. The predicted molar refractivity (Wildman–Crippen MR) is 91.0 cm³/mol. The van der Waals surface area contributed by atoms with Crippen LogP contribution >= 0.6 is 0 Å². The van der Waals surface area contributed by atoms with Crippen molar-refractivity contribution in [3.63, 3.8) is 0 Å². The molecule has 0 saturated heterocycles. The number of halogens is 1. The number of hydrogen-bond donors (Lipinski definition) is 1. The molecule has 2 rings (SSSR count). The number of ether oxygens (including phenoxy) is 2. The summed E-state index contributed by atoms with van der Waals surface area (Å²) in [6.07, 6.45) is -0.301. The van der Waals surface area contributed by atoms with Crippen molar-refractivity contribution in [1.29, 1.82) is 0 Å². The minimum Gasteiger partial charge on any atom is -0.494 e. The molecule has 0 saturated carbocycles. The highest BCUT2D eigenvalue weighted by Crippen LogP contribution is 2.18. The van der Waals surface area contributed by atoms with Gasteiger partial charge in [0, 0.05) is 6.54 Å². The third-order valence-electron chi connectivity index (χ3n) is 3.60. The highest BCUT2D eigenvalue weighted by Gasteiger charge is 2.19. The number of carbonyl (C=O) groups excluding carboxylic acids is 2. The summed E-state index contributed by atoms with van der Waals surface area (Å²) in [7, 11) is 1.33. The highest BCUT2D eigenvalue weighted by molar-refractivity contribution is 5.92. The summed E-state index contributed by atoms with van der Waals surface area (Å²) in [4.78, 5) is 24.0. The van der Waals surface area contributed by atoms with E-state index in [1.165, 1.54) is 26.2 Å². The second kappa shape index (κ2) is 8.82. The summed E-state index contributed by atoms with van der Waals surface area (Å²) in [5.41, 5.74) is 1.11. The van der Waals surface area contributed by atoms with E-state index in [4.69, 9.17) is 9.47 Å². The molecule has 0 heterocycles. The first-order chi connectivity index (χ1) is 12.0. The maximum atomic E-state index is 13.6. The number of rotatable bonds is 7. The third-order valence-corrected chi connectivity index (χ3v) is 3.60. The Balaban J connectivity index is 1.83. The molecule has 0 aliphatic rings. The van der Waals surface area contributed by atoms with Crippen molar-refractivity contribution in [1.82, 2.24) is 5.32 Å². The van der Waals surface area contributed by atoms with Gasteiger partial charge >= 0.3 is 5.97 Å². The summed E-state index contributed by atoms with van der Waals surface area (Å²) >= 11 is 0. The minimum atomic E-state index is -0.978. The number of amides is 1. The van der Waals surface area contributed by atoms with Crippen LogP contribution in [-0.4, -0.2) is 31.6 Å². The van der Waals surface area contributed by atoms with Crippen LogP contribution in [0.5, 0.6) is 5.75 Å². The van der Waals surface area contributed by atoms with E-state index in [-0.39, 0.29) is 11.3 Å². The highest BCUT2D eigenvalue weighted by atomic mass is 19.1. The van der Waals surface area contributed by atoms with E-state index in [0.717, 1.165) is 11.6 Å². The zero-order valence-electron chi connectivity index (χ0n) is 14.1. The molecule has 0 radical (unpaired) electrons. The minimum absolute atomic E-state index is 0.0160. The molecule has 0 spiro atoms. The van der Waals surface area contributed by atoms with Crippen LogP contribution in [0.4, 0.5) is 4.39 Å². The van der Waals surface area contributed by atoms with Crippen molar-refractivity contribution in [2.24, 2.45) is 0 Å². The quantitative estimate of drug-likeness (QED) is 0.784. The van der Waals surface area contributed by atoms with E-state index < -0.39 is 23.8 Å². The van der Waals surface area contributed by atoms with Gasteiger partial charge in [-0.05, 0) is 37.1 Å². The van der Waals surface area contributed by atoms with Crippen LogP contribution in [0.2, 0.25) is 0 Å². The zero-order chi connectivity index (χ0) is 18.2. The SMILES string of the molecule is COc1ccc(C(=O)O[C@H](C)C(=O)NCCc2ccccc2)cc1F. The fourth-order valence-electron chi connectivity index (χ4n) is 2.19. The Morgan fingerprint density at radius 2 is 1.88 bits per heavy atom. The summed E-state index contributed by atoms with van der Waals surface area (Å²) < 4.78 is 23.5. The van der Waals surface area contributed by atoms with Crippen LogP contribution in [0.25, 0.3) is 0 Å². The molecule has 2 aromatic carbocycles. The molecule has 25 heavy (non-hydrogen) atoms. The second-order valence-electron chi connectivity index (χ2n) is 5.42. The predicted octanol–water partition coefficient (Wildman–Crippen LogP) is 2.74. The molecule has 0 unspecified atom stereocenters. The summed E-state index contributed by atoms with van der Waals surface area (Å²) in [5.74, 6) is -1.81. The molecule has 0 fully saturated rings. The van der Waals surface area contributed by atoms with Gasteiger partial charge in [0.1, 0.15) is 0 Å². The molecule has 0 aromatic heterocycles. The fourth-order valence-corrected chi connectivity index (χ4v) is 2.19. The topological polar surface area (TPSA) is 64.6 Å². The van der Waals surface area contributed by atoms with E-state index in [1.54, 1.807) is 0 Å². The van der Waals surface area contributed by atoms with Gasteiger partial charge in [0.2, 0.25) is 0 Å². The zero-order valence-corrected chi connectivity index (χ0v) is 14.1. The monoisotopic (exact) mass is 345 g/mol. The Morgan fingerprint density at radius 3 is 2.52 bits per heavy atom. The maximum Gasteiger partial charge on any atom is 0.339 e. The van der Waals surface area contributed by atoms with E-state index in [1.807, 2.05) is 30.3 Å². The van der Waals surface area contributed by atoms with Crippen molar-refractivity contribution < 1.29 is 23.5 Å². The smallest absolute Gasteiger partial charge is 0.339 e. The van der Waals surface area contributed by atoms with Gasteiger partial charge in [-0.15, -0.1) is 0 Å². The van der Waals surface area contributed by atoms with E-state index in [2.05, 4.69) is 5.32 Å². The molecule has 0 aliphatic heterocycles. The van der Waals surface area contributed by atoms with Gasteiger partial charge in [-0.25, -0.2) is 9.18 Å². The molecule has 1 amide bonds. The Kier molecular flexibility index (Phi) is 6.51. The van der Waals surface area contributed by atoms with E-state index >= 15 is 0 Å². The number of carbonyl (C=O) groups is 2. The Bertz CT molecular complexity index is 733. The van der Waals surface area contributed by atoms with Crippen molar-refractivity contribution in [2.45, 2.75) is 19.4 Å². The third kappa shape index (κ3) is 5.31. The Labute approximate surface area is 145 Å². The molecule has 0 aliphatic carbocycles. The molecule has 5 nitrogen and oxygen atoms in total. The van der Waals surface area contributed by atoms with Gasteiger partial charge in [0.15, 0.2) is 17.7 Å². The van der Waals surface area contributed by atoms with Crippen LogP contribution in [0, 0.1) is 5.82 Å². The first-order valence-electron chi connectivity index (χ1n) is 7.87. The first-order valence-corrected chi connectivity index (χ1v) is 7.87. The molecule has 1 atom stereocenters. The first kappa shape index (κ1) is 18.4. The van der Waals surface area contributed by atoms with Gasteiger partial charge in [-0.1, -0.05) is 30.3 Å². The van der Waals surface area contributed by atoms with Crippen molar-refractivity contribution in [2.75, 3.05) is 13.7 Å². The van der Waals surface area contributed by atoms with E-state index in [0.29, 0.717) is 13.0 Å². The molecular formula is C19H20FNO4. The standard InChI is InChI=1S/C19H20FNO4/c1-13(18(22)21-11-10-14-6-4-3-5-7-14)25-19(23)15-8-9-17(24-2)16(20)12-15/h3-9,12-13H,10-11H2,1-2H3,(H,21,22)/t13-/m1/s1. The lowest BCUT2D eigenvalue weighted by molar-refractivity contribution is -0.129. The molecule has 1 N–H and O–H groups in total. The summed E-state index contributed by atoms with van der Waals surface area (Å²) in [6, 6.07) is 13.4. The fraction of sp³-hybridized carbons (Fsp3) is 0.263. The number of benzene rings is 2. The van der Waals surface area contributed by atoms with Crippen molar-refractivity contribution in [3.8, 4) is 5.75 Å². The van der Waals surface area contributed by atoms with Gasteiger partial charge < -0.3 is 14.8 Å². The van der Waals surface area contributed by atoms with Crippen molar-refractivity contribution >= 4 is 11.9 Å². The molecule has 0 bridgehead atoms. The number of nitrogens with one attached hydrogen (secondary N) is 1. The van der Waals surface area contributed by atoms with Crippen LogP contribution in [-0.2, 0) is 16.0 Å². The van der Waals surface area contributed by atoms with Gasteiger partial charge in [-0.2, -0.15) is 0 Å². The Hall–Kier alpha value is -2.89. The lowest BCUT2D eigenvalue weighted by atomic mass is 10.1. The molecule has 6 heteroatoms. The number of esters is 1. The van der Waals surface area contributed by atoms with E-state index in [9.17, 15) is 14.0 Å². The lowest BCUT2D eigenvalue weighted by Gasteiger charge is -2.14. The number of hydrogen-bond acceptors (Lipinski definition) is 4. The van der Waals surface area contributed by atoms with Gasteiger partial charge in [0.05, 0.1) is 12.7 Å². The van der Waals surface area contributed by atoms with Gasteiger partial charge in [0.25, 0.3) is 5.91 Å². The van der Waals surface area contributed by atoms with Crippen LogP contribution in [0.15, 0.2) is 48.5 Å². The normalized spacial score (nSPS) is 11.5. The van der Waals surface area contributed by atoms with Gasteiger partial charge in [-0.3, -0.25) is 4.79 Å². The number of methoxy groups -OCH3 is 1. The summed E-state index contributed by atoms with van der Waals surface area (Å²) in [6.45, 7) is 1.90. The lowest BCUT2D eigenvalue weighted by Crippen LogP contribution is -2.36. The Morgan fingerprint density at radius 1 is 1.16 bits per heavy atom. The summed E-state index contributed by atoms with van der Waals surface area (Å²) in [5, 5.41) is 2.71. The molecular weight excluding hydrogens is 325 g/mol. The van der Waals surface area contributed by atoms with Crippen molar-refractivity contribution in [3.05, 3.63) is 65.5 Å². The van der Waals surface area contributed by atoms with Crippen LogP contribution in [0.1, 0.15) is 22.8 Å². The van der Waals surface area contributed by atoms with Crippen LogP contribution < -0.4 is 10.1 Å². The molecule has 132 valence electrons.